The summed E-state index contributed by atoms with van der Waals surface area (Å²) in [7, 11) is 1.84. The summed E-state index contributed by atoms with van der Waals surface area (Å²) in [4.78, 5) is 13.6. The monoisotopic (exact) mass is 268 g/mol. The molecule has 0 unspecified atom stereocenters. The predicted octanol–water partition coefficient (Wildman–Crippen LogP) is 1.88. The summed E-state index contributed by atoms with van der Waals surface area (Å²) in [6.45, 7) is 2.87. The Bertz CT molecular complexity index is 403. The Labute approximate surface area is 98.2 Å². The van der Waals surface area contributed by atoms with Crippen LogP contribution < -0.4 is 0 Å². The molecule has 15 heavy (non-hydrogen) atoms. The largest absolute Gasteiger partial charge is 0.345 e. The first-order chi connectivity index (χ1) is 7.10. The Kier molecular flexibility index (Phi) is 3.98. The third-order valence-corrected chi connectivity index (χ3v) is 2.58. The van der Waals surface area contributed by atoms with E-state index in [9.17, 15) is 4.79 Å². The fourth-order valence-electron chi connectivity index (χ4n) is 1.34. The van der Waals surface area contributed by atoms with Crippen molar-refractivity contribution in [2.45, 2.75) is 6.92 Å². The average molecular weight is 269 g/mol. The van der Waals surface area contributed by atoms with Crippen LogP contribution in [0.3, 0.4) is 0 Å². The third kappa shape index (κ3) is 2.63. The SMILES string of the molecule is C#CCN(CC)C(=O)c1cc(Br)cn1C. The van der Waals surface area contributed by atoms with Gasteiger partial charge in [-0.05, 0) is 28.9 Å². The van der Waals surface area contributed by atoms with Gasteiger partial charge in [-0.2, -0.15) is 0 Å². The lowest BCUT2D eigenvalue weighted by molar-refractivity contribution is 0.0775. The summed E-state index contributed by atoms with van der Waals surface area (Å²) < 4.78 is 2.68. The minimum Gasteiger partial charge on any atom is -0.345 e. The number of carbonyl (C=O) groups is 1. The number of amides is 1. The van der Waals surface area contributed by atoms with Gasteiger partial charge in [-0.1, -0.05) is 5.92 Å². The molecule has 80 valence electrons. The van der Waals surface area contributed by atoms with Crippen LogP contribution >= 0.6 is 15.9 Å². The number of nitrogens with zero attached hydrogens (tertiary/aromatic N) is 2. The molecule has 0 fully saturated rings. The molecule has 0 saturated heterocycles. The number of carbonyl (C=O) groups excluding carboxylic acids is 1. The van der Waals surface area contributed by atoms with Crippen LogP contribution in [0.5, 0.6) is 0 Å². The Morgan fingerprint density at radius 1 is 1.73 bits per heavy atom. The van der Waals surface area contributed by atoms with Crippen molar-refractivity contribution in [3.05, 3.63) is 22.4 Å². The van der Waals surface area contributed by atoms with Gasteiger partial charge in [0.2, 0.25) is 0 Å². The van der Waals surface area contributed by atoms with E-state index in [1.807, 2.05) is 20.2 Å². The highest BCUT2D eigenvalue weighted by Crippen LogP contribution is 2.15. The molecule has 0 atom stereocenters. The number of hydrogen-bond donors (Lipinski definition) is 0. The Morgan fingerprint density at radius 2 is 2.40 bits per heavy atom. The fraction of sp³-hybridized carbons (Fsp3) is 0.364. The third-order valence-electron chi connectivity index (χ3n) is 2.14. The van der Waals surface area contributed by atoms with Crippen LogP contribution in [0.2, 0.25) is 0 Å². The molecule has 3 nitrogen and oxygen atoms in total. The Hall–Kier alpha value is -1.21. The highest BCUT2D eigenvalue weighted by molar-refractivity contribution is 9.10. The van der Waals surface area contributed by atoms with Gasteiger partial charge in [-0.3, -0.25) is 4.79 Å². The molecular formula is C11H13BrN2O. The standard InChI is InChI=1S/C11H13BrN2O/c1-4-6-14(5-2)11(15)10-7-9(12)8-13(10)3/h1,7-8H,5-6H2,2-3H3. The van der Waals surface area contributed by atoms with Gasteiger partial charge in [0.25, 0.3) is 5.91 Å². The number of aromatic nitrogens is 1. The summed E-state index contributed by atoms with van der Waals surface area (Å²) in [6, 6.07) is 1.79. The molecular weight excluding hydrogens is 256 g/mol. The summed E-state index contributed by atoms with van der Waals surface area (Å²) in [5.74, 6) is 2.44. The van der Waals surface area contributed by atoms with E-state index in [1.165, 1.54) is 0 Å². The molecule has 1 aromatic rings. The van der Waals surface area contributed by atoms with Crippen molar-refractivity contribution in [3.8, 4) is 12.3 Å². The van der Waals surface area contributed by atoms with Crippen molar-refractivity contribution >= 4 is 21.8 Å². The molecule has 0 radical (unpaired) electrons. The summed E-state index contributed by atoms with van der Waals surface area (Å²) in [5, 5.41) is 0. The molecule has 4 heteroatoms. The zero-order valence-electron chi connectivity index (χ0n) is 8.83. The molecule has 0 saturated carbocycles. The summed E-state index contributed by atoms with van der Waals surface area (Å²) >= 11 is 3.33. The molecule has 0 bridgehead atoms. The van der Waals surface area contributed by atoms with Crippen molar-refractivity contribution in [1.82, 2.24) is 9.47 Å². The zero-order chi connectivity index (χ0) is 11.4. The van der Waals surface area contributed by atoms with E-state index in [-0.39, 0.29) is 5.91 Å². The molecule has 0 spiro atoms. The summed E-state index contributed by atoms with van der Waals surface area (Å²) in [6.07, 6.45) is 7.05. The van der Waals surface area contributed by atoms with Gasteiger partial charge >= 0.3 is 0 Å². The number of hydrogen-bond acceptors (Lipinski definition) is 1. The van der Waals surface area contributed by atoms with Crippen LogP contribution in [0.1, 0.15) is 17.4 Å². The number of aryl methyl sites for hydroxylation is 1. The van der Waals surface area contributed by atoms with Crippen LogP contribution in [0.25, 0.3) is 0 Å². The molecule has 0 aromatic carbocycles. The number of rotatable bonds is 3. The molecule has 1 aromatic heterocycles. The topological polar surface area (TPSA) is 25.2 Å². The second-order valence-corrected chi connectivity index (χ2v) is 4.09. The molecule has 0 aliphatic rings. The molecule has 1 heterocycles. The van der Waals surface area contributed by atoms with Crippen LogP contribution in [0.15, 0.2) is 16.7 Å². The smallest absolute Gasteiger partial charge is 0.271 e. The van der Waals surface area contributed by atoms with Crippen molar-refractivity contribution < 1.29 is 4.79 Å². The van der Waals surface area contributed by atoms with E-state index >= 15 is 0 Å². The highest BCUT2D eigenvalue weighted by atomic mass is 79.9. The van der Waals surface area contributed by atoms with Gasteiger partial charge in [0, 0.05) is 24.3 Å². The van der Waals surface area contributed by atoms with Gasteiger partial charge in [0.1, 0.15) is 5.69 Å². The van der Waals surface area contributed by atoms with E-state index in [2.05, 4.69) is 21.9 Å². The maximum atomic E-state index is 12.0. The first kappa shape index (κ1) is 11.9. The van der Waals surface area contributed by atoms with Gasteiger partial charge in [-0.25, -0.2) is 0 Å². The number of halogens is 1. The van der Waals surface area contributed by atoms with Crippen molar-refractivity contribution in [3.63, 3.8) is 0 Å². The van der Waals surface area contributed by atoms with E-state index in [4.69, 9.17) is 6.42 Å². The minimum atomic E-state index is -0.0383. The predicted molar refractivity (Wildman–Crippen MR) is 63.5 cm³/mol. The summed E-state index contributed by atoms with van der Waals surface area (Å²) in [5.41, 5.74) is 0.638. The van der Waals surface area contributed by atoms with Gasteiger partial charge in [-0.15, -0.1) is 6.42 Å². The van der Waals surface area contributed by atoms with Gasteiger partial charge in [0.15, 0.2) is 0 Å². The second-order valence-electron chi connectivity index (χ2n) is 3.18. The first-order valence-corrected chi connectivity index (χ1v) is 5.44. The van der Waals surface area contributed by atoms with Crippen LogP contribution in [-0.4, -0.2) is 28.5 Å². The van der Waals surface area contributed by atoms with Gasteiger partial charge < -0.3 is 9.47 Å². The van der Waals surface area contributed by atoms with Crippen molar-refractivity contribution in [2.75, 3.05) is 13.1 Å². The van der Waals surface area contributed by atoms with Crippen molar-refractivity contribution in [1.29, 1.82) is 0 Å². The van der Waals surface area contributed by atoms with Gasteiger partial charge in [0.05, 0.1) is 6.54 Å². The molecule has 0 N–H and O–H groups in total. The Balaban J connectivity index is 2.93. The lowest BCUT2D eigenvalue weighted by atomic mass is 10.3. The van der Waals surface area contributed by atoms with E-state index in [1.54, 1.807) is 15.5 Å². The van der Waals surface area contributed by atoms with E-state index in [0.717, 1.165) is 4.47 Å². The second kappa shape index (κ2) is 5.04. The molecule has 0 aliphatic heterocycles. The van der Waals surface area contributed by atoms with E-state index < -0.39 is 0 Å². The highest BCUT2D eigenvalue weighted by Gasteiger charge is 2.16. The minimum absolute atomic E-state index is 0.0383. The zero-order valence-corrected chi connectivity index (χ0v) is 10.4. The normalized spacial score (nSPS) is 9.73. The maximum absolute atomic E-state index is 12.0. The quantitative estimate of drug-likeness (QED) is 0.769. The van der Waals surface area contributed by atoms with Crippen molar-refractivity contribution in [2.24, 2.45) is 7.05 Å². The van der Waals surface area contributed by atoms with E-state index in [0.29, 0.717) is 18.8 Å². The number of terminal acetylenes is 1. The Morgan fingerprint density at radius 3 is 2.80 bits per heavy atom. The fourth-order valence-corrected chi connectivity index (χ4v) is 1.86. The molecule has 0 aliphatic carbocycles. The lowest BCUT2D eigenvalue weighted by Crippen LogP contribution is -2.32. The average Bonchev–Trinajstić information content (AvgIpc) is 2.53. The van der Waals surface area contributed by atoms with Crippen LogP contribution in [0, 0.1) is 12.3 Å². The molecule has 1 rings (SSSR count). The van der Waals surface area contributed by atoms with Crippen LogP contribution in [0.4, 0.5) is 0 Å². The van der Waals surface area contributed by atoms with Crippen LogP contribution in [-0.2, 0) is 7.05 Å². The lowest BCUT2D eigenvalue weighted by Gasteiger charge is -2.17. The molecule has 1 amide bonds. The first-order valence-electron chi connectivity index (χ1n) is 4.64. The maximum Gasteiger partial charge on any atom is 0.271 e.